The molecular formula is C12H15N5O4. The SMILES string of the molecule is CC[C@]12COC(C1O)[C@H](n1cnc3c(=O)[nH]c(N)nc31)O2. The smallest absolute Gasteiger partial charge is 0.280 e. The van der Waals surface area contributed by atoms with Crippen molar-refractivity contribution < 1.29 is 14.6 Å². The number of nitrogens with one attached hydrogen (secondary N) is 1. The third-order valence-corrected chi connectivity index (χ3v) is 4.33. The van der Waals surface area contributed by atoms with Crippen LogP contribution >= 0.6 is 0 Å². The maximum Gasteiger partial charge on any atom is 0.280 e. The maximum absolute atomic E-state index is 11.8. The first-order valence-electron chi connectivity index (χ1n) is 6.75. The minimum absolute atomic E-state index is 0.00378. The number of aromatic nitrogens is 4. The zero-order valence-corrected chi connectivity index (χ0v) is 11.3. The number of aromatic amines is 1. The summed E-state index contributed by atoms with van der Waals surface area (Å²) in [4.78, 5) is 22.3. The van der Waals surface area contributed by atoms with E-state index in [1.54, 1.807) is 4.57 Å². The van der Waals surface area contributed by atoms with Crippen LogP contribution in [-0.4, -0.2) is 49.0 Å². The lowest BCUT2D eigenvalue weighted by Gasteiger charge is -2.30. The van der Waals surface area contributed by atoms with Gasteiger partial charge in [-0.05, 0) is 6.42 Å². The molecule has 9 nitrogen and oxygen atoms in total. The Morgan fingerprint density at radius 3 is 3.19 bits per heavy atom. The zero-order valence-electron chi connectivity index (χ0n) is 11.3. The number of anilines is 1. The van der Waals surface area contributed by atoms with Gasteiger partial charge >= 0.3 is 0 Å². The third kappa shape index (κ3) is 1.53. The summed E-state index contributed by atoms with van der Waals surface area (Å²) in [6, 6.07) is 0. The second kappa shape index (κ2) is 4.03. The van der Waals surface area contributed by atoms with Crippen LogP contribution in [0.1, 0.15) is 19.6 Å². The van der Waals surface area contributed by atoms with E-state index in [4.69, 9.17) is 15.2 Å². The van der Waals surface area contributed by atoms with Crippen LogP contribution in [0, 0.1) is 0 Å². The number of nitrogens with two attached hydrogens (primary N) is 1. The van der Waals surface area contributed by atoms with Gasteiger partial charge in [0.1, 0.15) is 17.8 Å². The van der Waals surface area contributed by atoms with Gasteiger partial charge in [0.2, 0.25) is 5.95 Å². The average molecular weight is 293 g/mol. The molecule has 2 aliphatic heterocycles. The van der Waals surface area contributed by atoms with Crippen molar-refractivity contribution in [2.75, 3.05) is 12.3 Å². The molecule has 2 fully saturated rings. The number of ether oxygens (including phenoxy) is 2. The quantitative estimate of drug-likeness (QED) is 0.657. The van der Waals surface area contributed by atoms with Crippen molar-refractivity contribution in [1.82, 2.24) is 19.5 Å². The number of hydrogen-bond acceptors (Lipinski definition) is 7. The second-order valence-electron chi connectivity index (χ2n) is 5.42. The van der Waals surface area contributed by atoms with Gasteiger partial charge in [0.15, 0.2) is 17.4 Å². The number of nitrogen functional groups attached to an aromatic ring is 1. The lowest BCUT2D eigenvalue weighted by Crippen LogP contribution is -2.39. The molecule has 0 aliphatic carbocycles. The molecule has 0 aromatic carbocycles. The second-order valence-corrected chi connectivity index (χ2v) is 5.42. The van der Waals surface area contributed by atoms with Crippen molar-refractivity contribution in [3.8, 4) is 0 Å². The van der Waals surface area contributed by atoms with E-state index in [0.29, 0.717) is 18.7 Å². The van der Waals surface area contributed by atoms with E-state index in [1.807, 2.05) is 6.92 Å². The lowest BCUT2D eigenvalue weighted by atomic mass is 9.96. The van der Waals surface area contributed by atoms with E-state index in [2.05, 4.69) is 15.0 Å². The Morgan fingerprint density at radius 2 is 2.48 bits per heavy atom. The summed E-state index contributed by atoms with van der Waals surface area (Å²) in [5, 5.41) is 10.3. The fourth-order valence-corrected chi connectivity index (χ4v) is 3.10. The van der Waals surface area contributed by atoms with Gasteiger partial charge in [-0.2, -0.15) is 4.98 Å². The molecule has 112 valence electrons. The van der Waals surface area contributed by atoms with Crippen LogP contribution in [0.15, 0.2) is 11.1 Å². The van der Waals surface area contributed by atoms with Gasteiger partial charge < -0.3 is 20.3 Å². The van der Waals surface area contributed by atoms with Crippen LogP contribution < -0.4 is 11.3 Å². The fourth-order valence-electron chi connectivity index (χ4n) is 3.10. The van der Waals surface area contributed by atoms with Crippen LogP contribution in [0.25, 0.3) is 11.2 Å². The fraction of sp³-hybridized carbons (Fsp3) is 0.583. The van der Waals surface area contributed by atoms with Gasteiger partial charge in [-0.15, -0.1) is 0 Å². The Labute approximate surface area is 118 Å². The van der Waals surface area contributed by atoms with Gasteiger partial charge in [-0.1, -0.05) is 6.92 Å². The lowest BCUT2D eigenvalue weighted by molar-refractivity contribution is -0.173. The van der Waals surface area contributed by atoms with Crippen LogP contribution in [-0.2, 0) is 9.47 Å². The first-order chi connectivity index (χ1) is 10.1. The number of hydrogen-bond donors (Lipinski definition) is 3. The van der Waals surface area contributed by atoms with Crippen LogP contribution in [0.3, 0.4) is 0 Å². The first kappa shape index (κ1) is 12.7. The predicted molar refractivity (Wildman–Crippen MR) is 71.5 cm³/mol. The van der Waals surface area contributed by atoms with Crippen molar-refractivity contribution in [3.63, 3.8) is 0 Å². The van der Waals surface area contributed by atoms with E-state index in [9.17, 15) is 9.90 Å². The van der Waals surface area contributed by atoms with Gasteiger partial charge in [0.25, 0.3) is 5.56 Å². The van der Waals surface area contributed by atoms with Gasteiger partial charge in [-0.25, -0.2) is 4.98 Å². The van der Waals surface area contributed by atoms with Crippen LogP contribution in [0.2, 0.25) is 0 Å². The molecular weight excluding hydrogens is 278 g/mol. The summed E-state index contributed by atoms with van der Waals surface area (Å²) in [5.41, 5.74) is 4.95. The molecule has 0 spiro atoms. The Kier molecular flexibility index (Phi) is 2.44. The number of aliphatic hydroxyl groups excluding tert-OH is 1. The van der Waals surface area contributed by atoms with Crippen LogP contribution in [0.4, 0.5) is 5.95 Å². The summed E-state index contributed by atoms with van der Waals surface area (Å²) < 4.78 is 13.2. The molecule has 0 amide bonds. The monoisotopic (exact) mass is 293 g/mol. The molecule has 9 heteroatoms. The number of imidazole rings is 1. The summed E-state index contributed by atoms with van der Waals surface area (Å²) in [6.45, 7) is 2.29. The summed E-state index contributed by atoms with van der Waals surface area (Å²) in [6.07, 6.45) is 0.280. The van der Waals surface area contributed by atoms with Gasteiger partial charge in [0.05, 0.1) is 12.9 Å². The van der Waals surface area contributed by atoms with Crippen molar-refractivity contribution >= 4 is 17.1 Å². The normalized spacial score (nSPS) is 34.9. The molecule has 21 heavy (non-hydrogen) atoms. The van der Waals surface area contributed by atoms with E-state index in [-0.39, 0.29) is 11.5 Å². The van der Waals surface area contributed by atoms with Crippen molar-refractivity contribution in [1.29, 1.82) is 0 Å². The van der Waals surface area contributed by atoms with Crippen molar-refractivity contribution in [3.05, 3.63) is 16.7 Å². The molecule has 4 rings (SSSR count). The molecule has 2 unspecified atom stereocenters. The minimum Gasteiger partial charge on any atom is -0.387 e. The minimum atomic E-state index is -0.718. The standard InChI is InChI=1S/C12H15N5O4/c1-2-12-3-20-6(7(12)18)10(21-12)17-4-14-5-8(17)15-11(13)16-9(5)19/h4,6-7,10,18H,2-3H2,1H3,(H3,13,15,16,19)/t6?,7?,10-,12+/m1/s1. The zero-order chi connectivity index (χ0) is 14.8. The molecule has 0 radical (unpaired) electrons. The Balaban J connectivity index is 1.84. The van der Waals surface area contributed by atoms with E-state index in [0.717, 1.165) is 0 Å². The summed E-state index contributed by atoms with van der Waals surface area (Å²) in [7, 11) is 0. The molecule has 4 N–H and O–H groups in total. The largest absolute Gasteiger partial charge is 0.387 e. The topological polar surface area (TPSA) is 128 Å². The summed E-state index contributed by atoms with van der Waals surface area (Å²) in [5.74, 6) is 0.00378. The molecule has 2 aromatic rings. The highest BCUT2D eigenvalue weighted by molar-refractivity contribution is 5.70. The number of H-pyrrole nitrogens is 1. The Morgan fingerprint density at radius 1 is 1.67 bits per heavy atom. The number of aliphatic hydroxyl groups is 1. The van der Waals surface area contributed by atoms with Gasteiger partial charge in [0, 0.05) is 0 Å². The average Bonchev–Trinajstić information content (AvgIpc) is 3.09. The van der Waals surface area contributed by atoms with E-state index < -0.39 is 29.6 Å². The van der Waals surface area contributed by atoms with Crippen molar-refractivity contribution in [2.45, 2.75) is 37.4 Å². The highest BCUT2D eigenvalue weighted by Crippen LogP contribution is 2.46. The predicted octanol–water partition coefficient (Wildman–Crippen LogP) is -0.861. The molecule has 2 bridgehead atoms. The molecule has 2 saturated heterocycles. The van der Waals surface area contributed by atoms with E-state index in [1.165, 1.54) is 6.33 Å². The molecule has 2 aliphatic rings. The third-order valence-electron chi connectivity index (χ3n) is 4.33. The number of nitrogens with zero attached hydrogens (tertiary/aromatic N) is 3. The highest BCUT2D eigenvalue weighted by atomic mass is 16.6. The molecule has 4 heterocycles. The highest BCUT2D eigenvalue weighted by Gasteiger charge is 2.60. The molecule has 0 saturated carbocycles. The molecule has 2 aromatic heterocycles. The number of rotatable bonds is 2. The Hall–Kier alpha value is -1.97. The number of fused-ring (bicyclic) bond motifs is 3. The first-order valence-corrected chi connectivity index (χ1v) is 6.75. The van der Waals surface area contributed by atoms with Crippen molar-refractivity contribution in [2.24, 2.45) is 0 Å². The summed E-state index contributed by atoms with van der Waals surface area (Å²) >= 11 is 0. The Bertz CT molecular complexity index is 771. The van der Waals surface area contributed by atoms with Crippen LogP contribution in [0.5, 0.6) is 0 Å². The van der Waals surface area contributed by atoms with Gasteiger partial charge in [-0.3, -0.25) is 14.3 Å². The maximum atomic E-state index is 11.8. The van der Waals surface area contributed by atoms with E-state index >= 15 is 0 Å². The molecule has 4 atom stereocenters.